The summed E-state index contributed by atoms with van der Waals surface area (Å²) in [5, 5.41) is 29.5. The highest BCUT2D eigenvalue weighted by Crippen LogP contribution is 2.18. The molecule has 0 bridgehead atoms. The predicted molar refractivity (Wildman–Crippen MR) is 88.9 cm³/mol. The molecule has 0 radical (unpaired) electrons. The van der Waals surface area contributed by atoms with Crippen LogP contribution in [0.3, 0.4) is 0 Å². The molecule has 23 heavy (non-hydrogen) atoms. The van der Waals surface area contributed by atoms with Crippen molar-refractivity contribution in [1.29, 1.82) is 0 Å². The minimum atomic E-state index is -1.17. The summed E-state index contributed by atoms with van der Waals surface area (Å²) in [6.45, 7) is 2.14. The summed E-state index contributed by atoms with van der Waals surface area (Å²) in [7, 11) is 0. The van der Waals surface area contributed by atoms with Crippen molar-refractivity contribution in [3.8, 4) is 0 Å². The molecule has 0 aromatic carbocycles. The number of aliphatic hydroxyl groups excluding tert-OH is 3. The van der Waals surface area contributed by atoms with Gasteiger partial charge in [-0.1, -0.05) is 32.6 Å². The van der Waals surface area contributed by atoms with Crippen molar-refractivity contribution >= 4 is 5.97 Å². The Hall–Kier alpha value is -0.910. The van der Waals surface area contributed by atoms with Crippen molar-refractivity contribution in [2.24, 2.45) is 0 Å². The molecule has 4 atom stereocenters. The van der Waals surface area contributed by atoms with Crippen LogP contribution in [-0.2, 0) is 9.53 Å². The number of carbonyl (C=O) groups is 1. The smallest absolute Gasteiger partial charge is 0.330 e. The molecule has 0 spiro atoms. The van der Waals surface area contributed by atoms with Crippen LogP contribution in [0.5, 0.6) is 0 Å². The lowest BCUT2D eigenvalue weighted by molar-refractivity contribution is -0.143. The zero-order valence-electron chi connectivity index (χ0n) is 14.2. The number of unbranched alkanes of at least 4 members (excludes halogenated alkanes) is 2. The van der Waals surface area contributed by atoms with Crippen molar-refractivity contribution in [1.82, 2.24) is 0 Å². The number of ether oxygens (including phenoxy) is 1. The lowest BCUT2D eigenvalue weighted by Crippen LogP contribution is -2.29. The van der Waals surface area contributed by atoms with Crippen LogP contribution in [0.4, 0.5) is 0 Å². The van der Waals surface area contributed by atoms with E-state index in [0.29, 0.717) is 6.42 Å². The molecule has 0 amide bonds. The van der Waals surface area contributed by atoms with Gasteiger partial charge in [-0.3, -0.25) is 0 Å². The van der Waals surface area contributed by atoms with Crippen molar-refractivity contribution in [3.05, 3.63) is 12.2 Å². The number of rotatable bonds is 4. The average molecular weight is 328 g/mol. The molecule has 0 aromatic heterocycles. The second-order valence-corrected chi connectivity index (χ2v) is 6.50. The Kier molecular flexibility index (Phi) is 10.2. The summed E-state index contributed by atoms with van der Waals surface area (Å²) < 4.78 is 5.48. The Morgan fingerprint density at radius 1 is 1.13 bits per heavy atom. The van der Waals surface area contributed by atoms with E-state index in [1.807, 2.05) is 0 Å². The first-order valence-electron chi connectivity index (χ1n) is 8.96. The third kappa shape index (κ3) is 9.08. The average Bonchev–Trinajstić information content (AvgIpc) is 2.51. The summed E-state index contributed by atoms with van der Waals surface area (Å²) in [5.41, 5.74) is 0. The molecule has 0 saturated carbocycles. The summed E-state index contributed by atoms with van der Waals surface area (Å²) in [6, 6.07) is 0. The van der Waals surface area contributed by atoms with E-state index in [1.54, 1.807) is 0 Å². The number of hydrogen-bond acceptors (Lipinski definition) is 5. The standard InChI is InChI=1S/C18H32O5/c1-2-3-5-9-15-10-7-4-6-8-14(19)13-17(21)16(20)11-12-18(22)23-15/h11-12,14-17,19-21H,2-10,13H2,1H3/b12-11+/t14-,15+,16+,17-/m0/s1. The number of aliphatic hydroxyl groups is 3. The van der Waals surface area contributed by atoms with Crippen LogP contribution in [0.1, 0.15) is 71.1 Å². The van der Waals surface area contributed by atoms with Crippen LogP contribution >= 0.6 is 0 Å². The minimum Gasteiger partial charge on any atom is -0.459 e. The molecular formula is C18H32O5. The van der Waals surface area contributed by atoms with Crippen LogP contribution in [-0.4, -0.2) is 45.7 Å². The Bertz CT molecular complexity index is 355. The third-order valence-electron chi connectivity index (χ3n) is 4.31. The van der Waals surface area contributed by atoms with E-state index in [0.717, 1.165) is 51.4 Å². The van der Waals surface area contributed by atoms with Gasteiger partial charge in [0.1, 0.15) is 6.10 Å². The second kappa shape index (κ2) is 11.6. The first-order chi connectivity index (χ1) is 11.0. The van der Waals surface area contributed by atoms with Crippen LogP contribution in [0.15, 0.2) is 12.2 Å². The van der Waals surface area contributed by atoms with Gasteiger partial charge in [-0.2, -0.15) is 0 Å². The van der Waals surface area contributed by atoms with Crippen LogP contribution in [0, 0.1) is 0 Å². The van der Waals surface area contributed by atoms with Gasteiger partial charge in [0.25, 0.3) is 0 Å². The lowest BCUT2D eigenvalue weighted by atomic mass is 9.99. The van der Waals surface area contributed by atoms with Gasteiger partial charge in [-0.25, -0.2) is 4.79 Å². The fraction of sp³-hybridized carbons (Fsp3) is 0.833. The SMILES string of the molecule is CCCCC[C@@H]1CCCCC[C@H](O)C[C@H](O)[C@H](O)/C=C/C(=O)O1. The Balaban J connectivity index is 2.63. The highest BCUT2D eigenvalue weighted by molar-refractivity contribution is 5.82. The first-order valence-corrected chi connectivity index (χ1v) is 8.96. The highest BCUT2D eigenvalue weighted by Gasteiger charge is 2.19. The molecule has 3 N–H and O–H groups in total. The fourth-order valence-electron chi connectivity index (χ4n) is 2.86. The molecule has 0 aromatic rings. The van der Waals surface area contributed by atoms with E-state index < -0.39 is 24.3 Å². The van der Waals surface area contributed by atoms with Gasteiger partial charge in [0.15, 0.2) is 0 Å². The third-order valence-corrected chi connectivity index (χ3v) is 4.31. The number of cyclic esters (lactones) is 1. The Morgan fingerprint density at radius 2 is 1.87 bits per heavy atom. The Labute approximate surface area is 139 Å². The van der Waals surface area contributed by atoms with E-state index in [2.05, 4.69) is 6.92 Å². The molecule has 0 unspecified atom stereocenters. The molecule has 0 aliphatic carbocycles. The zero-order valence-corrected chi connectivity index (χ0v) is 14.2. The summed E-state index contributed by atoms with van der Waals surface area (Å²) in [6.07, 6.45) is 8.00. The van der Waals surface area contributed by atoms with Gasteiger partial charge < -0.3 is 20.1 Å². The lowest BCUT2D eigenvalue weighted by Gasteiger charge is -2.20. The summed E-state index contributed by atoms with van der Waals surface area (Å²) in [4.78, 5) is 11.9. The fourth-order valence-corrected chi connectivity index (χ4v) is 2.86. The monoisotopic (exact) mass is 328 g/mol. The number of hydrogen-bond donors (Lipinski definition) is 3. The molecule has 134 valence electrons. The van der Waals surface area contributed by atoms with E-state index in [-0.39, 0.29) is 12.5 Å². The van der Waals surface area contributed by atoms with Crippen molar-refractivity contribution < 1.29 is 24.9 Å². The van der Waals surface area contributed by atoms with Crippen molar-refractivity contribution in [2.75, 3.05) is 0 Å². The summed E-state index contributed by atoms with van der Waals surface area (Å²) in [5.74, 6) is -0.477. The molecule has 0 saturated heterocycles. The maximum atomic E-state index is 11.9. The molecule has 1 aliphatic rings. The number of carbonyl (C=O) groups excluding carboxylic acids is 1. The normalized spacial score (nSPS) is 32.8. The topological polar surface area (TPSA) is 87.0 Å². The molecule has 0 fully saturated rings. The molecule has 1 heterocycles. The quantitative estimate of drug-likeness (QED) is 0.545. The molecule has 5 heteroatoms. The first kappa shape index (κ1) is 20.1. The molecule has 1 rings (SSSR count). The van der Waals surface area contributed by atoms with Crippen molar-refractivity contribution in [3.63, 3.8) is 0 Å². The van der Waals surface area contributed by atoms with E-state index in [9.17, 15) is 20.1 Å². The molecule has 1 aliphatic heterocycles. The summed E-state index contributed by atoms with van der Waals surface area (Å²) >= 11 is 0. The minimum absolute atomic E-state index is 0.0892. The zero-order chi connectivity index (χ0) is 17.1. The maximum Gasteiger partial charge on any atom is 0.330 e. The Morgan fingerprint density at radius 3 is 2.61 bits per heavy atom. The van der Waals surface area contributed by atoms with Crippen molar-refractivity contribution in [2.45, 2.75) is 95.5 Å². The largest absolute Gasteiger partial charge is 0.459 e. The van der Waals surface area contributed by atoms with E-state index in [1.165, 1.54) is 12.2 Å². The van der Waals surface area contributed by atoms with Gasteiger partial charge in [-0.05, 0) is 38.2 Å². The van der Waals surface area contributed by atoms with Gasteiger partial charge in [-0.15, -0.1) is 0 Å². The molecular weight excluding hydrogens is 296 g/mol. The van der Waals surface area contributed by atoms with E-state index >= 15 is 0 Å². The van der Waals surface area contributed by atoms with Gasteiger partial charge in [0.05, 0.1) is 18.3 Å². The highest BCUT2D eigenvalue weighted by atomic mass is 16.5. The van der Waals surface area contributed by atoms with Crippen LogP contribution in [0.2, 0.25) is 0 Å². The van der Waals surface area contributed by atoms with Gasteiger partial charge in [0.2, 0.25) is 0 Å². The second-order valence-electron chi connectivity index (χ2n) is 6.50. The van der Waals surface area contributed by atoms with E-state index in [4.69, 9.17) is 4.74 Å². The van der Waals surface area contributed by atoms with Crippen LogP contribution in [0.25, 0.3) is 0 Å². The number of esters is 1. The van der Waals surface area contributed by atoms with Crippen LogP contribution < -0.4 is 0 Å². The molecule has 5 nitrogen and oxygen atoms in total. The van der Waals surface area contributed by atoms with Gasteiger partial charge in [0, 0.05) is 12.5 Å². The predicted octanol–water partition coefficient (Wildman–Crippen LogP) is 2.47. The maximum absolute atomic E-state index is 11.9. The van der Waals surface area contributed by atoms with Gasteiger partial charge >= 0.3 is 5.97 Å².